The molecule has 0 unspecified atom stereocenters. The summed E-state index contributed by atoms with van der Waals surface area (Å²) in [5, 5.41) is 13.0. The Hall–Kier alpha value is -2.44. The van der Waals surface area contributed by atoms with E-state index in [1.54, 1.807) is 36.4 Å². The van der Waals surface area contributed by atoms with Gasteiger partial charge in [-0.2, -0.15) is 0 Å². The Bertz CT molecular complexity index is 962. The summed E-state index contributed by atoms with van der Waals surface area (Å²) < 4.78 is 26.3. The van der Waals surface area contributed by atoms with Crippen molar-refractivity contribution in [3.63, 3.8) is 0 Å². The molecule has 0 aliphatic heterocycles. The van der Waals surface area contributed by atoms with Crippen LogP contribution in [0.4, 0.5) is 10.1 Å². The fourth-order valence-corrected chi connectivity index (χ4v) is 3.55. The second kappa shape index (κ2) is 9.85. The first-order chi connectivity index (χ1) is 14.0. The maximum atomic E-state index is 14.0. The van der Waals surface area contributed by atoms with E-state index in [0.717, 1.165) is 11.3 Å². The van der Waals surface area contributed by atoms with E-state index in [4.69, 9.17) is 21.1 Å². The molecule has 2 N–H and O–H groups in total. The minimum Gasteiger partial charge on any atom is -0.508 e. The third-order valence-corrected chi connectivity index (χ3v) is 5.10. The van der Waals surface area contributed by atoms with Crippen LogP contribution in [-0.4, -0.2) is 11.7 Å². The molecule has 0 spiro atoms. The number of nitrogens with one attached hydrogen (secondary N) is 1. The summed E-state index contributed by atoms with van der Waals surface area (Å²) in [5.41, 5.74) is 2.14. The van der Waals surface area contributed by atoms with E-state index < -0.39 is 5.82 Å². The Kier molecular flexibility index (Phi) is 7.23. The van der Waals surface area contributed by atoms with E-state index in [9.17, 15) is 9.50 Å². The van der Waals surface area contributed by atoms with Crippen LogP contribution in [0.2, 0.25) is 5.02 Å². The zero-order chi connectivity index (χ0) is 20.8. The van der Waals surface area contributed by atoms with Gasteiger partial charge in [-0.1, -0.05) is 17.7 Å². The van der Waals surface area contributed by atoms with Crippen LogP contribution in [0.5, 0.6) is 17.2 Å². The van der Waals surface area contributed by atoms with Crippen molar-refractivity contribution in [2.24, 2.45) is 0 Å². The number of anilines is 1. The average molecular weight is 481 g/mol. The van der Waals surface area contributed by atoms with E-state index in [2.05, 4.69) is 21.2 Å². The number of benzene rings is 3. The molecule has 7 heteroatoms. The molecule has 3 aromatic carbocycles. The maximum absolute atomic E-state index is 14.0. The molecule has 152 valence electrons. The van der Waals surface area contributed by atoms with Gasteiger partial charge >= 0.3 is 0 Å². The van der Waals surface area contributed by atoms with Gasteiger partial charge in [-0.15, -0.1) is 0 Å². The summed E-state index contributed by atoms with van der Waals surface area (Å²) in [6.45, 7) is 2.86. The SMILES string of the molecule is CCOc1cc(CNc2ccc(O)cc2)cc(Br)c1OCc1c(F)cccc1Cl. The number of ether oxygens (including phenoxy) is 2. The standard InChI is InChI=1S/C22H20BrClFNO3/c1-2-28-21-11-14(12-26-15-6-8-16(27)9-7-15)10-18(23)22(21)29-13-17-19(24)4-3-5-20(17)25/h3-11,26-27H,2,12-13H2,1H3. The molecule has 0 saturated heterocycles. The number of hydrogen-bond donors (Lipinski definition) is 2. The van der Waals surface area contributed by atoms with Crippen LogP contribution in [0.15, 0.2) is 59.1 Å². The first-order valence-electron chi connectivity index (χ1n) is 9.01. The molecule has 0 saturated carbocycles. The highest BCUT2D eigenvalue weighted by atomic mass is 79.9. The fraction of sp³-hybridized carbons (Fsp3) is 0.182. The molecule has 0 amide bonds. The number of hydrogen-bond acceptors (Lipinski definition) is 4. The molecule has 3 rings (SSSR count). The van der Waals surface area contributed by atoms with Crippen molar-refractivity contribution in [1.82, 2.24) is 0 Å². The number of rotatable bonds is 8. The van der Waals surface area contributed by atoms with Gasteiger partial charge in [0, 0.05) is 17.8 Å². The Balaban J connectivity index is 1.77. The van der Waals surface area contributed by atoms with Crippen LogP contribution < -0.4 is 14.8 Å². The Morgan fingerprint density at radius 2 is 1.86 bits per heavy atom. The molecular formula is C22H20BrClFNO3. The number of phenolic OH excluding ortho intramolecular Hbond substituents is 1. The normalized spacial score (nSPS) is 10.6. The van der Waals surface area contributed by atoms with E-state index in [-0.39, 0.29) is 12.4 Å². The molecule has 0 radical (unpaired) electrons. The lowest BCUT2D eigenvalue weighted by atomic mass is 10.2. The fourth-order valence-electron chi connectivity index (χ4n) is 2.72. The van der Waals surface area contributed by atoms with E-state index in [1.165, 1.54) is 6.07 Å². The Morgan fingerprint density at radius 1 is 1.10 bits per heavy atom. The topological polar surface area (TPSA) is 50.7 Å². The third-order valence-electron chi connectivity index (χ3n) is 4.16. The minimum atomic E-state index is -0.415. The number of halogens is 3. The average Bonchev–Trinajstić information content (AvgIpc) is 2.69. The van der Waals surface area contributed by atoms with Crippen LogP contribution in [0.1, 0.15) is 18.1 Å². The molecule has 3 aromatic rings. The van der Waals surface area contributed by atoms with Gasteiger partial charge in [-0.25, -0.2) is 4.39 Å². The van der Waals surface area contributed by atoms with Gasteiger partial charge in [0.2, 0.25) is 0 Å². The smallest absolute Gasteiger partial charge is 0.175 e. The first-order valence-corrected chi connectivity index (χ1v) is 10.2. The van der Waals surface area contributed by atoms with Crippen LogP contribution in [0.25, 0.3) is 0 Å². The second-order valence-corrected chi connectivity index (χ2v) is 7.49. The van der Waals surface area contributed by atoms with Crippen molar-refractivity contribution < 1.29 is 19.0 Å². The lowest BCUT2D eigenvalue weighted by molar-refractivity contribution is 0.264. The minimum absolute atomic E-state index is 0.0186. The predicted molar refractivity (Wildman–Crippen MR) is 116 cm³/mol. The van der Waals surface area contributed by atoms with Gasteiger partial charge in [-0.05, 0) is 76.9 Å². The lowest BCUT2D eigenvalue weighted by Crippen LogP contribution is -2.05. The third kappa shape index (κ3) is 5.55. The molecule has 0 heterocycles. The summed E-state index contributed by atoms with van der Waals surface area (Å²) in [6.07, 6.45) is 0. The summed E-state index contributed by atoms with van der Waals surface area (Å²) in [4.78, 5) is 0. The van der Waals surface area contributed by atoms with E-state index >= 15 is 0 Å². The van der Waals surface area contributed by atoms with E-state index in [0.29, 0.717) is 39.7 Å². The molecule has 0 aromatic heterocycles. The highest BCUT2D eigenvalue weighted by Gasteiger charge is 2.15. The summed E-state index contributed by atoms with van der Waals surface area (Å²) in [7, 11) is 0. The zero-order valence-corrected chi connectivity index (χ0v) is 18.1. The van der Waals surface area contributed by atoms with Gasteiger partial charge in [0.05, 0.1) is 16.1 Å². The van der Waals surface area contributed by atoms with Crippen LogP contribution in [0.3, 0.4) is 0 Å². The van der Waals surface area contributed by atoms with Crippen molar-refractivity contribution in [3.8, 4) is 17.2 Å². The largest absolute Gasteiger partial charge is 0.508 e. The van der Waals surface area contributed by atoms with Gasteiger partial charge in [0.25, 0.3) is 0 Å². The Morgan fingerprint density at radius 3 is 2.55 bits per heavy atom. The zero-order valence-electron chi connectivity index (χ0n) is 15.7. The van der Waals surface area contributed by atoms with Crippen molar-refractivity contribution in [2.45, 2.75) is 20.1 Å². The highest BCUT2D eigenvalue weighted by molar-refractivity contribution is 9.10. The van der Waals surface area contributed by atoms with Crippen LogP contribution in [-0.2, 0) is 13.2 Å². The summed E-state index contributed by atoms with van der Waals surface area (Å²) >= 11 is 9.61. The molecule has 4 nitrogen and oxygen atoms in total. The van der Waals surface area contributed by atoms with Gasteiger partial charge in [0.15, 0.2) is 11.5 Å². The first kappa shape index (κ1) is 21.3. The van der Waals surface area contributed by atoms with Gasteiger partial charge in [0.1, 0.15) is 18.2 Å². The predicted octanol–water partition coefficient (Wildman–Crippen LogP) is 6.54. The lowest BCUT2D eigenvalue weighted by Gasteiger charge is -2.17. The van der Waals surface area contributed by atoms with Gasteiger partial charge < -0.3 is 19.9 Å². The van der Waals surface area contributed by atoms with Crippen molar-refractivity contribution >= 4 is 33.2 Å². The molecule has 0 atom stereocenters. The van der Waals surface area contributed by atoms with Crippen LogP contribution >= 0.6 is 27.5 Å². The molecule has 0 aliphatic carbocycles. The molecule has 0 bridgehead atoms. The van der Waals surface area contributed by atoms with Crippen molar-refractivity contribution in [3.05, 3.63) is 81.0 Å². The molecule has 29 heavy (non-hydrogen) atoms. The van der Waals surface area contributed by atoms with Crippen LogP contribution in [0, 0.1) is 5.82 Å². The number of phenols is 1. The quantitative estimate of drug-likeness (QED) is 0.360. The van der Waals surface area contributed by atoms with Crippen molar-refractivity contribution in [2.75, 3.05) is 11.9 Å². The Labute approximate surface area is 182 Å². The van der Waals surface area contributed by atoms with Crippen molar-refractivity contribution in [1.29, 1.82) is 0 Å². The summed E-state index contributed by atoms with van der Waals surface area (Å²) in [6, 6.07) is 15.1. The molecular weight excluding hydrogens is 461 g/mol. The monoisotopic (exact) mass is 479 g/mol. The highest BCUT2D eigenvalue weighted by Crippen LogP contribution is 2.38. The molecule has 0 aliphatic rings. The second-order valence-electron chi connectivity index (χ2n) is 6.23. The maximum Gasteiger partial charge on any atom is 0.175 e. The molecule has 0 fully saturated rings. The number of aromatic hydroxyl groups is 1. The van der Waals surface area contributed by atoms with Gasteiger partial charge in [-0.3, -0.25) is 0 Å². The van der Waals surface area contributed by atoms with E-state index in [1.807, 2.05) is 19.1 Å². The summed E-state index contributed by atoms with van der Waals surface area (Å²) in [5.74, 6) is 0.839.